The average molecular weight is 228 g/mol. The first-order chi connectivity index (χ1) is 7.06. The number of carbonyl (C=O) groups excluding carboxylic acids is 1. The Kier molecular flexibility index (Phi) is 4.15. The minimum Gasteiger partial charge on any atom is -0.295 e. The van der Waals surface area contributed by atoms with Crippen LogP contribution in [0.4, 0.5) is 4.39 Å². The summed E-state index contributed by atoms with van der Waals surface area (Å²) in [6.45, 7) is 2.35. The molecule has 0 radical (unpaired) electrons. The van der Waals surface area contributed by atoms with Crippen molar-refractivity contribution in [2.24, 2.45) is 0 Å². The number of carbonyl (C=O) groups is 1. The molecule has 0 amide bonds. The first kappa shape index (κ1) is 12.0. The highest BCUT2D eigenvalue weighted by Crippen LogP contribution is 2.13. The molecule has 0 N–H and O–H groups in total. The van der Waals surface area contributed by atoms with Crippen LogP contribution in [-0.2, 0) is 15.6 Å². The van der Waals surface area contributed by atoms with Gasteiger partial charge in [-0.25, -0.2) is 4.39 Å². The van der Waals surface area contributed by atoms with Gasteiger partial charge in [0.15, 0.2) is 5.78 Å². The van der Waals surface area contributed by atoms with E-state index in [9.17, 15) is 13.4 Å². The van der Waals surface area contributed by atoms with Gasteiger partial charge in [-0.05, 0) is 26.0 Å². The van der Waals surface area contributed by atoms with E-state index in [0.717, 1.165) is 5.56 Å². The molecule has 82 valence electrons. The van der Waals surface area contributed by atoms with Crippen molar-refractivity contribution in [3.8, 4) is 0 Å². The first-order valence-corrected chi connectivity index (χ1v) is 5.83. The minimum atomic E-state index is -1.46. The summed E-state index contributed by atoms with van der Waals surface area (Å²) in [5, 5.41) is -0.780. The topological polar surface area (TPSA) is 34.1 Å². The van der Waals surface area contributed by atoms with Crippen LogP contribution >= 0.6 is 0 Å². The lowest BCUT2D eigenvalue weighted by molar-refractivity contribution is -0.119. The summed E-state index contributed by atoms with van der Waals surface area (Å²) in [7, 11) is -1.46. The number of rotatable bonds is 4. The number of Topliss-reactive ketones (excluding diaryl/α,β-unsaturated/α-hetero) is 1. The van der Waals surface area contributed by atoms with Crippen LogP contribution in [0, 0.1) is 6.92 Å². The van der Waals surface area contributed by atoms with Crippen molar-refractivity contribution in [3.05, 3.63) is 29.8 Å². The average Bonchev–Trinajstić information content (AvgIpc) is 2.27. The van der Waals surface area contributed by atoms with Crippen molar-refractivity contribution in [2.75, 3.05) is 6.67 Å². The standard InChI is InChI=1S/C11H13FO2S/c1-8-3-5-10(6-4-8)15(14)9(2)11(13)7-12/h3-6,9H,7H2,1-2H3/t9-,15?/m1/s1. The van der Waals surface area contributed by atoms with E-state index in [2.05, 4.69) is 0 Å². The highest BCUT2D eigenvalue weighted by atomic mass is 32.2. The van der Waals surface area contributed by atoms with Gasteiger partial charge in [0.05, 0.1) is 16.0 Å². The van der Waals surface area contributed by atoms with E-state index in [1.165, 1.54) is 6.92 Å². The fourth-order valence-corrected chi connectivity index (χ4v) is 2.22. The molecule has 1 rings (SSSR count). The van der Waals surface area contributed by atoms with Crippen LogP contribution in [0.1, 0.15) is 12.5 Å². The molecule has 0 aliphatic heterocycles. The Hall–Kier alpha value is -1.03. The van der Waals surface area contributed by atoms with Crippen molar-refractivity contribution in [1.82, 2.24) is 0 Å². The fourth-order valence-electron chi connectivity index (χ4n) is 1.10. The zero-order valence-corrected chi connectivity index (χ0v) is 9.51. The molecule has 15 heavy (non-hydrogen) atoms. The predicted molar refractivity (Wildman–Crippen MR) is 58.0 cm³/mol. The fraction of sp³-hybridized carbons (Fsp3) is 0.364. The van der Waals surface area contributed by atoms with E-state index in [0.29, 0.717) is 4.90 Å². The number of ketones is 1. The van der Waals surface area contributed by atoms with Crippen molar-refractivity contribution in [3.63, 3.8) is 0 Å². The van der Waals surface area contributed by atoms with Crippen LogP contribution < -0.4 is 0 Å². The van der Waals surface area contributed by atoms with E-state index in [4.69, 9.17) is 0 Å². The third kappa shape index (κ3) is 2.96. The maximum absolute atomic E-state index is 12.1. The van der Waals surface area contributed by atoms with Crippen molar-refractivity contribution >= 4 is 16.6 Å². The van der Waals surface area contributed by atoms with Gasteiger partial charge in [-0.15, -0.1) is 0 Å². The van der Waals surface area contributed by atoms with E-state index in [-0.39, 0.29) is 0 Å². The summed E-state index contributed by atoms with van der Waals surface area (Å²) in [6, 6.07) is 7.04. The van der Waals surface area contributed by atoms with Crippen LogP contribution in [0.25, 0.3) is 0 Å². The molecular weight excluding hydrogens is 215 g/mol. The number of aryl methyl sites for hydroxylation is 1. The van der Waals surface area contributed by atoms with Crippen LogP contribution in [-0.4, -0.2) is 21.9 Å². The Morgan fingerprint density at radius 2 is 1.93 bits per heavy atom. The molecule has 1 aromatic carbocycles. The second-order valence-corrected chi connectivity index (χ2v) is 5.13. The van der Waals surface area contributed by atoms with Crippen LogP contribution in [0.15, 0.2) is 29.2 Å². The molecule has 4 heteroatoms. The lowest BCUT2D eigenvalue weighted by atomic mass is 10.2. The minimum absolute atomic E-state index is 0.565. The Morgan fingerprint density at radius 1 is 1.40 bits per heavy atom. The number of hydrogen-bond donors (Lipinski definition) is 0. The molecule has 0 fully saturated rings. The SMILES string of the molecule is Cc1ccc(S(=O)[C@H](C)C(=O)CF)cc1. The largest absolute Gasteiger partial charge is 0.295 e. The van der Waals surface area contributed by atoms with Crippen molar-refractivity contribution in [2.45, 2.75) is 24.0 Å². The molecule has 0 bridgehead atoms. The van der Waals surface area contributed by atoms with Gasteiger partial charge in [-0.2, -0.15) is 0 Å². The third-order valence-electron chi connectivity index (χ3n) is 2.16. The number of hydrogen-bond acceptors (Lipinski definition) is 2. The molecule has 0 aliphatic carbocycles. The quantitative estimate of drug-likeness (QED) is 0.790. The molecule has 0 saturated heterocycles. The van der Waals surface area contributed by atoms with Gasteiger partial charge in [0, 0.05) is 4.90 Å². The zero-order chi connectivity index (χ0) is 11.4. The van der Waals surface area contributed by atoms with Crippen LogP contribution in [0.5, 0.6) is 0 Å². The normalized spacial score (nSPS) is 14.6. The molecule has 2 atom stereocenters. The maximum atomic E-state index is 12.1. The Morgan fingerprint density at radius 3 is 2.40 bits per heavy atom. The van der Waals surface area contributed by atoms with Gasteiger partial charge in [0.1, 0.15) is 6.67 Å². The molecule has 0 aromatic heterocycles. The molecular formula is C11H13FO2S. The summed E-state index contributed by atoms with van der Waals surface area (Å²) >= 11 is 0. The molecule has 2 nitrogen and oxygen atoms in total. The smallest absolute Gasteiger partial charge is 0.179 e. The Labute approximate surface area is 91.0 Å². The third-order valence-corrected chi connectivity index (χ3v) is 3.80. The molecule has 0 aliphatic rings. The lowest BCUT2D eigenvalue weighted by Crippen LogP contribution is -2.23. The summed E-state index contributed by atoms with van der Waals surface area (Å²) in [5.74, 6) is -0.617. The second-order valence-electron chi connectivity index (χ2n) is 3.35. The van der Waals surface area contributed by atoms with Gasteiger partial charge in [-0.1, -0.05) is 17.7 Å². The summed E-state index contributed by atoms with van der Waals surface area (Å²) < 4.78 is 23.9. The van der Waals surface area contributed by atoms with Crippen molar-refractivity contribution < 1.29 is 13.4 Å². The molecule has 0 heterocycles. The van der Waals surface area contributed by atoms with E-state index < -0.39 is 28.5 Å². The first-order valence-electron chi connectivity index (χ1n) is 4.62. The van der Waals surface area contributed by atoms with Gasteiger partial charge in [0.25, 0.3) is 0 Å². The highest BCUT2D eigenvalue weighted by molar-refractivity contribution is 7.86. The van der Waals surface area contributed by atoms with Gasteiger partial charge in [-0.3, -0.25) is 9.00 Å². The van der Waals surface area contributed by atoms with Crippen LogP contribution in [0.3, 0.4) is 0 Å². The van der Waals surface area contributed by atoms with Gasteiger partial charge >= 0.3 is 0 Å². The van der Waals surface area contributed by atoms with Gasteiger partial charge < -0.3 is 0 Å². The highest BCUT2D eigenvalue weighted by Gasteiger charge is 2.20. The number of alkyl halides is 1. The Bertz CT molecular complexity index is 373. The number of benzene rings is 1. The number of halogens is 1. The monoisotopic (exact) mass is 228 g/mol. The Balaban J connectivity index is 2.85. The second kappa shape index (κ2) is 5.16. The summed E-state index contributed by atoms with van der Waals surface area (Å²) in [6.07, 6.45) is 0. The van der Waals surface area contributed by atoms with E-state index in [1.54, 1.807) is 12.1 Å². The predicted octanol–water partition coefficient (Wildman–Crippen LogP) is 2.03. The zero-order valence-electron chi connectivity index (χ0n) is 8.70. The summed E-state index contributed by atoms with van der Waals surface area (Å²) in [5.41, 5.74) is 1.06. The van der Waals surface area contributed by atoms with E-state index in [1.807, 2.05) is 19.1 Å². The van der Waals surface area contributed by atoms with Gasteiger partial charge in [0.2, 0.25) is 0 Å². The maximum Gasteiger partial charge on any atom is 0.179 e. The van der Waals surface area contributed by atoms with Crippen molar-refractivity contribution in [1.29, 1.82) is 0 Å². The van der Waals surface area contributed by atoms with Crippen LogP contribution in [0.2, 0.25) is 0 Å². The molecule has 0 spiro atoms. The molecule has 1 unspecified atom stereocenters. The van der Waals surface area contributed by atoms with E-state index >= 15 is 0 Å². The lowest BCUT2D eigenvalue weighted by Gasteiger charge is -2.08. The molecule has 0 saturated carbocycles. The molecule has 1 aromatic rings. The summed E-state index contributed by atoms with van der Waals surface area (Å²) in [4.78, 5) is 11.6.